The quantitative estimate of drug-likeness (QED) is 0.593. The highest BCUT2D eigenvalue weighted by Gasteiger charge is 2.16. The molecule has 1 heteroatoms. The predicted octanol–water partition coefficient (Wildman–Crippen LogP) is 2.54. The van der Waals surface area contributed by atoms with Crippen LogP contribution in [0.3, 0.4) is 0 Å². The fourth-order valence-electron chi connectivity index (χ4n) is 1.83. The molecule has 1 aromatic rings. The molecule has 1 fully saturated rings. The Balaban J connectivity index is 2.16. The van der Waals surface area contributed by atoms with E-state index in [1.54, 1.807) is 0 Å². The van der Waals surface area contributed by atoms with Gasteiger partial charge in [0.25, 0.3) is 0 Å². The Labute approximate surface area is 67.5 Å². The summed E-state index contributed by atoms with van der Waals surface area (Å²) >= 11 is 0. The van der Waals surface area contributed by atoms with E-state index in [0.29, 0.717) is 0 Å². The van der Waals surface area contributed by atoms with E-state index in [9.17, 15) is 0 Å². The molecular weight excluding hydrogens is 134 g/mol. The van der Waals surface area contributed by atoms with E-state index < -0.39 is 0 Å². The predicted molar refractivity (Wildman–Crippen MR) is 44.3 cm³/mol. The van der Waals surface area contributed by atoms with E-state index in [2.05, 4.69) is 17.2 Å². The van der Waals surface area contributed by atoms with Gasteiger partial charge in [-0.1, -0.05) is 18.9 Å². The average Bonchev–Trinajstić information content (AvgIpc) is 2.58. The first kappa shape index (κ1) is 6.84. The highest BCUT2D eigenvalue weighted by Crippen LogP contribution is 2.33. The maximum atomic E-state index is 4.00. The Kier molecular flexibility index (Phi) is 1.89. The van der Waals surface area contributed by atoms with Gasteiger partial charge in [-0.15, -0.1) is 0 Å². The molecule has 1 saturated carbocycles. The van der Waals surface area contributed by atoms with Crippen LogP contribution in [-0.4, -0.2) is 4.98 Å². The van der Waals surface area contributed by atoms with Crippen LogP contribution in [-0.2, 0) is 0 Å². The van der Waals surface area contributed by atoms with Crippen LogP contribution < -0.4 is 0 Å². The van der Waals surface area contributed by atoms with Crippen molar-refractivity contribution in [1.82, 2.24) is 4.98 Å². The molecule has 0 N–H and O–H groups in total. The van der Waals surface area contributed by atoms with Crippen LogP contribution in [0.15, 0.2) is 18.3 Å². The Morgan fingerprint density at radius 2 is 2.18 bits per heavy atom. The molecule has 1 aliphatic rings. The topological polar surface area (TPSA) is 12.9 Å². The van der Waals surface area contributed by atoms with Gasteiger partial charge in [-0.2, -0.15) is 0 Å². The van der Waals surface area contributed by atoms with Gasteiger partial charge >= 0.3 is 0 Å². The fourth-order valence-corrected chi connectivity index (χ4v) is 1.83. The van der Waals surface area contributed by atoms with Gasteiger partial charge in [0.05, 0.1) is 6.20 Å². The average molecular weight is 146 g/mol. The van der Waals surface area contributed by atoms with Crippen molar-refractivity contribution in [3.63, 3.8) is 0 Å². The van der Waals surface area contributed by atoms with Crippen molar-refractivity contribution < 1.29 is 0 Å². The van der Waals surface area contributed by atoms with Crippen LogP contribution in [0.1, 0.15) is 37.2 Å². The zero-order chi connectivity index (χ0) is 7.52. The molecular formula is C10H12N. The number of rotatable bonds is 1. The zero-order valence-corrected chi connectivity index (χ0v) is 6.59. The minimum Gasteiger partial charge on any atom is -0.254 e. The Morgan fingerprint density at radius 3 is 2.82 bits per heavy atom. The summed E-state index contributed by atoms with van der Waals surface area (Å²) in [6.07, 6.45) is 10.3. The largest absolute Gasteiger partial charge is 0.254 e. The Bertz CT molecular complexity index is 212. The van der Waals surface area contributed by atoms with Crippen LogP contribution in [0.4, 0.5) is 0 Å². The van der Waals surface area contributed by atoms with Crippen LogP contribution in [0.2, 0.25) is 0 Å². The smallest absolute Gasteiger partial charge is 0.0886 e. The Hall–Kier alpha value is -0.850. The summed E-state index contributed by atoms with van der Waals surface area (Å²) in [6.45, 7) is 0. The molecule has 0 atom stereocenters. The lowest BCUT2D eigenvalue weighted by Gasteiger charge is -2.06. The minimum atomic E-state index is 0.789. The molecule has 1 aromatic heterocycles. The van der Waals surface area contributed by atoms with Crippen molar-refractivity contribution in [2.75, 3.05) is 0 Å². The number of hydrogen-bond acceptors (Lipinski definition) is 1. The van der Waals surface area contributed by atoms with Gasteiger partial charge in [0, 0.05) is 6.20 Å². The first-order valence-electron chi connectivity index (χ1n) is 4.29. The molecule has 0 spiro atoms. The first-order valence-corrected chi connectivity index (χ1v) is 4.29. The molecule has 1 heterocycles. The van der Waals surface area contributed by atoms with Crippen molar-refractivity contribution in [3.05, 3.63) is 30.1 Å². The normalized spacial score (nSPS) is 18.9. The summed E-state index contributed by atoms with van der Waals surface area (Å²) in [7, 11) is 0. The van der Waals surface area contributed by atoms with Crippen molar-refractivity contribution in [1.29, 1.82) is 0 Å². The lowest BCUT2D eigenvalue weighted by molar-refractivity contribution is 0.719. The molecule has 1 radical (unpaired) electrons. The third kappa shape index (κ3) is 1.42. The van der Waals surface area contributed by atoms with E-state index >= 15 is 0 Å². The summed E-state index contributed by atoms with van der Waals surface area (Å²) in [5.41, 5.74) is 1.40. The molecule has 57 valence electrons. The molecule has 0 aromatic carbocycles. The molecule has 0 amide bonds. The monoisotopic (exact) mass is 146 g/mol. The van der Waals surface area contributed by atoms with Crippen molar-refractivity contribution in [3.8, 4) is 0 Å². The van der Waals surface area contributed by atoms with Gasteiger partial charge in [0.15, 0.2) is 0 Å². The van der Waals surface area contributed by atoms with Gasteiger partial charge in [0.1, 0.15) is 0 Å². The van der Waals surface area contributed by atoms with Crippen LogP contribution in [0.5, 0.6) is 0 Å². The molecule has 0 aliphatic heterocycles. The van der Waals surface area contributed by atoms with Gasteiger partial charge in [-0.3, -0.25) is 4.98 Å². The second-order valence-electron chi connectivity index (χ2n) is 3.20. The second-order valence-corrected chi connectivity index (χ2v) is 3.20. The molecule has 11 heavy (non-hydrogen) atoms. The van der Waals surface area contributed by atoms with E-state index in [1.165, 1.54) is 31.2 Å². The molecule has 2 rings (SSSR count). The SMILES string of the molecule is [c]1ccc(C2CCCC2)cn1. The van der Waals surface area contributed by atoms with Crippen LogP contribution in [0.25, 0.3) is 0 Å². The highest BCUT2D eigenvalue weighted by atomic mass is 14.6. The summed E-state index contributed by atoms with van der Waals surface area (Å²) in [5, 5.41) is 0. The van der Waals surface area contributed by atoms with Crippen molar-refractivity contribution in [2.24, 2.45) is 0 Å². The molecule has 1 aliphatic carbocycles. The van der Waals surface area contributed by atoms with E-state index in [-0.39, 0.29) is 0 Å². The van der Waals surface area contributed by atoms with E-state index in [1.807, 2.05) is 12.3 Å². The summed E-state index contributed by atoms with van der Waals surface area (Å²) in [5.74, 6) is 0.789. The second kappa shape index (κ2) is 3.04. The van der Waals surface area contributed by atoms with E-state index in [0.717, 1.165) is 5.92 Å². The third-order valence-corrected chi connectivity index (χ3v) is 2.47. The fraction of sp³-hybridized carbons (Fsp3) is 0.500. The van der Waals surface area contributed by atoms with Gasteiger partial charge < -0.3 is 0 Å². The number of nitrogens with zero attached hydrogens (tertiary/aromatic N) is 1. The molecule has 0 bridgehead atoms. The van der Waals surface area contributed by atoms with E-state index in [4.69, 9.17) is 0 Å². The van der Waals surface area contributed by atoms with Gasteiger partial charge in [-0.05, 0) is 30.4 Å². The Morgan fingerprint density at radius 1 is 1.36 bits per heavy atom. The number of aromatic nitrogens is 1. The minimum absolute atomic E-state index is 0.789. The summed E-state index contributed by atoms with van der Waals surface area (Å²) in [4.78, 5) is 4.00. The number of hydrogen-bond donors (Lipinski definition) is 0. The summed E-state index contributed by atoms with van der Waals surface area (Å²) in [6, 6.07) is 4.05. The lowest BCUT2D eigenvalue weighted by atomic mass is 10.00. The maximum absolute atomic E-state index is 4.00. The number of pyridine rings is 1. The van der Waals surface area contributed by atoms with Gasteiger partial charge in [-0.25, -0.2) is 0 Å². The zero-order valence-electron chi connectivity index (χ0n) is 6.59. The lowest BCUT2D eigenvalue weighted by Crippen LogP contribution is -1.91. The standard InChI is InChI=1S/C10H12N/c1-2-5-9(4-1)10-6-3-7-11-8-10/h3,6,8-9H,1-2,4-5H2. The van der Waals surface area contributed by atoms with Crippen LogP contribution in [0, 0.1) is 6.20 Å². The maximum Gasteiger partial charge on any atom is 0.0886 e. The molecule has 0 unspecified atom stereocenters. The van der Waals surface area contributed by atoms with Crippen LogP contribution >= 0.6 is 0 Å². The van der Waals surface area contributed by atoms with Crippen molar-refractivity contribution >= 4 is 0 Å². The van der Waals surface area contributed by atoms with Gasteiger partial charge in [0.2, 0.25) is 0 Å². The highest BCUT2D eigenvalue weighted by molar-refractivity contribution is 5.14. The first-order chi connectivity index (χ1) is 5.47. The molecule has 0 saturated heterocycles. The summed E-state index contributed by atoms with van der Waals surface area (Å²) < 4.78 is 0. The third-order valence-electron chi connectivity index (χ3n) is 2.47. The van der Waals surface area contributed by atoms with Crippen molar-refractivity contribution in [2.45, 2.75) is 31.6 Å². The molecule has 1 nitrogen and oxygen atoms in total.